The summed E-state index contributed by atoms with van der Waals surface area (Å²) in [5, 5.41) is 2.49. The Morgan fingerprint density at radius 2 is 1.89 bits per heavy atom. The number of carbonyl (C=O) groups excluding carboxylic acids is 2. The molecule has 8 nitrogen and oxygen atoms in total. The minimum Gasteiger partial charge on any atom is -0.317 e. The highest BCUT2D eigenvalue weighted by molar-refractivity contribution is 5.94. The van der Waals surface area contributed by atoms with E-state index in [-0.39, 0.29) is 29.5 Å². The van der Waals surface area contributed by atoms with E-state index in [2.05, 4.69) is 63.4 Å². The highest BCUT2D eigenvalue weighted by atomic mass is 19.1. The van der Waals surface area contributed by atoms with E-state index < -0.39 is 11.7 Å². The van der Waals surface area contributed by atoms with Crippen molar-refractivity contribution in [2.24, 2.45) is 5.92 Å². The van der Waals surface area contributed by atoms with Gasteiger partial charge in [-0.05, 0) is 64.1 Å². The summed E-state index contributed by atoms with van der Waals surface area (Å²) in [4.78, 5) is 39.8. The molecule has 2 aromatic rings. The third kappa shape index (κ3) is 4.45. The molecule has 3 fully saturated rings. The third-order valence-electron chi connectivity index (χ3n) is 8.66. The number of aromatic nitrogens is 2. The van der Waals surface area contributed by atoms with E-state index in [0.717, 1.165) is 51.3 Å². The quantitative estimate of drug-likeness (QED) is 0.632. The highest BCUT2D eigenvalue weighted by Crippen LogP contribution is 2.49. The Morgan fingerprint density at radius 1 is 1.17 bits per heavy atom. The number of benzene rings is 1. The standard InChI is InChI=1S/C27H35FN6O2/c1-32(2)27(21-9-4-3-5-10-21)13-11-26(12-14-27)18-33(25(36)34(26)16-20-7-6-8-20)17-23(35)31-24-22(28)15-29-19-30-24/h3-5,9-10,15,19-20H,6-8,11-14,16-18H2,1-2H3,(H,29,30,31,35). The van der Waals surface area contributed by atoms with Gasteiger partial charge in [0.2, 0.25) is 5.91 Å². The Morgan fingerprint density at radius 3 is 2.50 bits per heavy atom. The summed E-state index contributed by atoms with van der Waals surface area (Å²) in [6, 6.07) is 10.5. The first-order valence-electron chi connectivity index (χ1n) is 12.9. The molecule has 1 aromatic heterocycles. The van der Waals surface area contributed by atoms with E-state index in [9.17, 15) is 14.0 Å². The van der Waals surface area contributed by atoms with Crippen molar-refractivity contribution in [1.29, 1.82) is 0 Å². The summed E-state index contributed by atoms with van der Waals surface area (Å²) >= 11 is 0. The van der Waals surface area contributed by atoms with E-state index in [1.54, 1.807) is 4.90 Å². The fraction of sp³-hybridized carbons (Fsp3) is 0.556. The van der Waals surface area contributed by atoms with Gasteiger partial charge in [-0.2, -0.15) is 0 Å². The topological polar surface area (TPSA) is 81.7 Å². The lowest BCUT2D eigenvalue weighted by Gasteiger charge is -2.51. The molecular weight excluding hydrogens is 459 g/mol. The summed E-state index contributed by atoms with van der Waals surface area (Å²) in [7, 11) is 4.28. The monoisotopic (exact) mass is 494 g/mol. The minimum atomic E-state index is -0.699. The van der Waals surface area contributed by atoms with Gasteiger partial charge >= 0.3 is 6.03 Å². The molecule has 1 spiro atoms. The van der Waals surface area contributed by atoms with Crippen LogP contribution in [-0.2, 0) is 10.3 Å². The second-order valence-corrected chi connectivity index (χ2v) is 10.8. The zero-order valence-corrected chi connectivity index (χ0v) is 21.1. The number of amides is 3. The molecule has 192 valence electrons. The number of hydrogen-bond donors (Lipinski definition) is 1. The van der Waals surface area contributed by atoms with Crippen LogP contribution in [0.15, 0.2) is 42.9 Å². The maximum atomic E-state index is 13.9. The van der Waals surface area contributed by atoms with Gasteiger partial charge in [0.1, 0.15) is 12.9 Å². The van der Waals surface area contributed by atoms with Gasteiger partial charge in [0.25, 0.3) is 0 Å². The molecule has 36 heavy (non-hydrogen) atoms. The van der Waals surface area contributed by atoms with Crippen molar-refractivity contribution in [1.82, 2.24) is 24.7 Å². The first kappa shape index (κ1) is 24.6. The van der Waals surface area contributed by atoms with E-state index in [4.69, 9.17) is 0 Å². The van der Waals surface area contributed by atoms with E-state index in [1.807, 2.05) is 6.07 Å². The van der Waals surface area contributed by atoms with Crippen molar-refractivity contribution in [3.8, 4) is 0 Å². The zero-order valence-electron chi connectivity index (χ0n) is 21.1. The smallest absolute Gasteiger partial charge is 0.317 e. The lowest BCUT2D eigenvalue weighted by molar-refractivity contribution is -0.116. The molecule has 3 amide bonds. The lowest BCUT2D eigenvalue weighted by atomic mass is 9.68. The molecule has 0 radical (unpaired) electrons. The van der Waals surface area contributed by atoms with E-state index in [0.29, 0.717) is 12.5 Å². The van der Waals surface area contributed by atoms with Crippen LogP contribution in [0.5, 0.6) is 0 Å². The van der Waals surface area contributed by atoms with Crippen LogP contribution in [0.3, 0.4) is 0 Å². The molecule has 2 aliphatic carbocycles. The SMILES string of the molecule is CN(C)C1(c2ccccc2)CCC2(CC1)CN(CC(=O)Nc1ncncc1F)C(=O)N2CC1CCC1. The minimum absolute atomic E-state index is 0.0764. The van der Waals surface area contributed by atoms with Gasteiger partial charge in [-0.1, -0.05) is 36.8 Å². The van der Waals surface area contributed by atoms with Gasteiger partial charge in [0.15, 0.2) is 11.6 Å². The maximum Gasteiger partial charge on any atom is 0.321 e. The average molecular weight is 495 g/mol. The number of nitrogens with zero attached hydrogens (tertiary/aromatic N) is 5. The van der Waals surface area contributed by atoms with Gasteiger partial charge in [-0.25, -0.2) is 19.2 Å². The Hall–Kier alpha value is -3.07. The van der Waals surface area contributed by atoms with Gasteiger partial charge in [-0.15, -0.1) is 0 Å². The molecular formula is C27H35FN6O2. The van der Waals surface area contributed by atoms with Crippen molar-refractivity contribution < 1.29 is 14.0 Å². The molecule has 1 N–H and O–H groups in total. The molecule has 9 heteroatoms. The summed E-state index contributed by atoms with van der Waals surface area (Å²) in [6.07, 6.45) is 9.32. The maximum absolute atomic E-state index is 13.9. The number of nitrogens with one attached hydrogen (secondary N) is 1. The third-order valence-corrected chi connectivity index (χ3v) is 8.66. The number of halogens is 1. The largest absolute Gasteiger partial charge is 0.321 e. The van der Waals surface area contributed by atoms with Gasteiger partial charge < -0.3 is 15.1 Å². The molecule has 0 atom stereocenters. The molecule has 1 aromatic carbocycles. The first-order chi connectivity index (χ1) is 17.3. The number of urea groups is 1. The Balaban J connectivity index is 1.35. The van der Waals surface area contributed by atoms with Crippen LogP contribution in [0.2, 0.25) is 0 Å². The molecule has 3 aliphatic rings. The second kappa shape index (κ2) is 9.76. The van der Waals surface area contributed by atoms with Crippen LogP contribution in [0.1, 0.15) is 50.5 Å². The first-order valence-corrected chi connectivity index (χ1v) is 12.9. The predicted molar refractivity (Wildman–Crippen MR) is 135 cm³/mol. The van der Waals surface area contributed by atoms with Crippen molar-refractivity contribution >= 4 is 17.8 Å². The van der Waals surface area contributed by atoms with Crippen LogP contribution < -0.4 is 5.32 Å². The van der Waals surface area contributed by atoms with Gasteiger partial charge in [-0.3, -0.25) is 9.69 Å². The van der Waals surface area contributed by atoms with Crippen LogP contribution in [-0.4, -0.2) is 75.9 Å². The summed E-state index contributed by atoms with van der Waals surface area (Å²) < 4.78 is 13.9. The molecule has 2 heterocycles. The normalized spacial score (nSPS) is 26.5. The predicted octanol–water partition coefficient (Wildman–Crippen LogP) is 3.86. The number of hydrogen-bond acceptors (Lipinski definition) is 5. The van der Waals surface area contributed by atoms with Gasteiger partial charge in [0.05, 0.1) is 11.7 Å². The fourth-order valence-electron chi connectivity index (χ4n) is 6.26. The van der Waals surface area contributed by atoms with Crippen LogP contribution in [0.4, 0.5) is 15.0 Å². The van der Waals surface area contributed by atoms with Crippen molar-refractivity contribution in [2.75, 3.05) is 39.0 Å². The van der Waals surface area contributed by atoms with Crippen molar-refractivity contribution in [3.63, 3.8) is 0 Å². The average Bonchev–Trinajstić information content (AvgIpc) is 3.08. The van der Waals surface area contributed by atoms with Crippen LogP contribution in [0.25, 0.3) is 0 Å². The molecule has 2 saturated carbocycles. The summed E-state index contributed by atoms with van der Waals surface area (Å²) in [5.41, 5.74) is 0.942. The number of rotatable bonds is 7. The molecule has 1 aliphatic heterocycles. The van der Waals surface area contributed by atoms with E-state index >= 15 is 0 Å². The lowest BCUT2D eigenvalue weighted by Crippen LogP contribution is -2.56. The van der Waals surface area contributed by atoms with Crippen molar-refractivity contribution in [2.45, 2.75) is 56.0 Å². The fourth-order valence-corrected chi connectivity index (χ4v) is 6.26. The molecule has 5 rings (SSSR count). The highest BCUT2D eigenvalue weighted by Gasteiger charge is 2.55. The number of anilines is 1. The van der Waals surface area contributed by atoms with E-state index in [1.165, 1.54) is 18.3 Å². The molecule has 0 unspecified atom stereocenters. The Bertz CT molecular complexity index is 1100. The Labute approximate surface area is 211 Å². The summed E-state index contributed by atoms with van der Waals surface area (Å²) in [5.74, 6) is -0.789. The molecule has 0 bridgehead atoms. The number of carbonyl (C=O) groups is 2. The Kier molecular flexibility index (Phi) is 6.68. The second-order valence-electron chi connectivity index (χ2n) is 10.8. The van der Waals surface area contributed by atoms with Gasteiger partial charge in [0, 0.05) is 18.6 Å². The van der Waals surface area contributed by atoms with Crippen LogP contribution in [0, 0.1) is 11.7 Å². The van der Waals surface area contributed by atoms with Crippen molar-refractivity contribution in [3.05, 3.63) is 54.2 Å². The summed E-state index contributed by atoms with van der Waals surface area (Å²) in [6.45, 7) is 1.14. The molecule has 1 saturated heterocycles. The van der Waals surface area contributed by atoms with Crippen LogP contribution >= 0.6 is 0 Å². The zero-order chi connectivity index (χ0) is 25.3.